The van der Waals surface area contributed by atoms with Crippen LogP contribution in [-0.2, 0) is 0 Å². The lowest BCUT2D eigenvalue weighted by Crippen LogP contribution is -2.05. The molecule has 1 N–H and O–H groups in total. The molecule has 0 saturated heterocycles. The number of benzene rings is 2. The molecule has 0 fully saturated rings. The Hall–Kier alpha value is -2.75. The van der Waals surface area contributed by atoms with Gasteiger partial charge in [0, 0.05) is 0 Å². The zero-order chi connectivity index (χ0) is 15.4. The summed E-state index contributed by atoms with van der Waals surface area (Å²) in [4.78, 5) is 0. The zero-order valence-electron chi connectivity index (χ0n) is 10.4. The highest BCUT2D eigenvalue weighted by atomic mass is 19.3. The second-order valence-electron chi connectivity index (χ2n) is 3.93. The van der Waals surface area contributed by atoms with Crippen LogP contribution >= 0.6 is 0 Å². The Bertz CT molecular complexity index is 675. The van der Waals surface area contributed by atoms with Crippen molar-refractivity contribution in [3.8, 4) is 11.8 Å². The predicted molar refractivity (Wildman–Crippen MR) is 67.4 cm³/mol. The van der Waals surface area contributed by atoms with Crippen molar-refractivity contribution < 1.29 is 22.3 Å². The Morgan fingerprint density at radius 1 is 1.10 bits per heavy atom. The number of nitrogens with zero attached hydrogens (tertiary/aromatic N) is 1. The van der Waals surface area contributed by atoms with Crippen LogP contribution in [0, 0.1) is 23.0 Å². The number of para-hydroxylation sites is 2. The molecule has 0 heterocycles. The van der Waals surface area contributed by atoms with E-state index < -0.39 is 23.9 Å². The first-order chi connectivity index (χ1) is 10.0. The SMILES string of the molecule is N#Cc1cc(F)c(Nc2ccccc2OC(F)F)c(F)c1. The van der Waals surface area contributed by atoms with Crippen molar-refractivity contribution in [1.29, 1.82) is 5.26 Å². The van der Waals surface area contributed by atoms with Crippen LogP contribution in [-0.4, -0.2) is 6.61 Å². The van der Waals surface area contributed by atoms with Gasteiger partial charge in [-0.25, -0.2) is 8.78 Å². The van der Waals surface area contributed by atoms with E-state index in [-0.39, 0.29) is 17.0 Å². The second-order valence-corrected chi connectivity index (χ2v) is 3.93. The second kappa shape index (κ2) is 6.13. The summed E-state index contributed by atoms with van der Waals surface area (Å²) >= 11 is 0. The number of hydrogen-bond donors (Lipinski definition) is 1. The van der Waals surface area contributed by atoms with E-state index in [1.807, 2.05) is 0 Å². The topological polar surface area (TPSA) is 45.0 Å². The van der Waals surface area contributed by atoms with Gasteiger partial charge in [-0.05, 0) is 24.3 Å². The maximum Gasteiger partial charge on any atom is 0.387 e. The van der Waals surface area contributed by atoms with Crippen LogP contribution in [0.3, 0.4) is 0 Å². The molecule has 0 atom stereocenters. The molecule has 2 rings (SSSR count). The van der Waals surface area contributed by atoms with Crippen molar-refractivity contribution in [3.63, 3.8) is 0 Å². The molecule has 0 spiro atoms. The van der Waals surface area contributed by atoms with Crippen molar-refractivity contribution in [1.82, 2.24) is 0 Å². The Labute approximate surface area is 117 Å². The van der Waals surface area contributed by atoms with E-state index in [1.165, 1.54) is 24.3 Å². The summed E-state index contributed by atoms with van der Waals surface area (Å²) in [6.45, 7) is -3.07. The molecule has 21 heavy (non-hydrogen) atoms. The number of nitrogens with one attached hydrogen (secondary N) is 1. The lowest BCUT2D eigenvalue weighted by atomic mass is 10.2. The van der Waals surface area contributed by atoms with E-state index in [9.17, 15) is 17.6 Å². The molecular formula is C14H8F4N2O. The maximum atomic E-state index is 13.7. The van der Waals surface area contributed by atoms with Crippen molar-refractivity contribution >= 4 is 11.4 Å². The maximum absolute atomic E-state index is 13.7. The van der Waals surface area contributed by atoms with Gasteiger partial charge in [0.2, 0.25) is 0 Å². The summed E-state index contributed by atoms with van der Waals surface area (Å²) in [6.07, 6.45) is 0. The minimum Gasteiger partial charge on any atom is -0.433 e. The van der Waals surface area contributed by atoms with Gasteiger partial charge in [-0.3, -0.25) is 0 Å². The number of alkyl halides is 2. The molecule has 0 aliphatic heterocycles. The quantitative estimate of drug-likeness (QED) is 0.861. The average molecular weight is 296 g/mol. The van der Waals surface area contributed by atoms with E-state index in [0.717, 1.165) is 12.1 Å². The van der Waals surface area contributed by atoms with E-state index in [0.29, 0.717) is 0 Å². The molecule has 0 aliphatic carbocycles. The van der Waals surface area contributed by atoms with Crippen LogP contribution < -0.4 is 10.1 Å². The van der Waals surface area contributed by atoms with Crippen LogP contribution in [0.5, 0.6) is 5.75 Å². The number of rotatable bonds is 4. The molecule has 0 aliphatic rings. The normalized spacial score (nSPS) is 10.3. The van der Waals surface area contributed by atoms with Gasteiger partial charge < -0.3 is 10.1 Å². The van der Waals surface area contributed by atoms with E-state index >= 15 is 0 Å². The summed E-state index contributed by atoms with van der Waals surface area (Å²) in [6, 6.07) is 8.76. The van der Waals surface area contributed by atoms with Gasteiger partial charge in [0.05, 0.1) is 17.3 Å². The van der Waals surface area contributed by atoms with Gasteiger partial charge in [-0.1, -0.05) is 12.1 Å². The minimum absolute atomic E-state index is 0.0275. The molecule has 2 aromatic carbocycles. The van der Waals surface area contributed by atoms with Gasteiger partial charge in [-0.15, -0.1) is 0 Å². The van der Waals surface area contributed by atoms with Gasteiger partial charge in [0.25, 0.3) is 0 Å². The molecule has 2 aromatic rings. The molecule has 0 unspecified atom stereocenters. The Kier molecular flexibility index (Phi) is 4.28. The van der Waals surface area contributed by atoms with Crippen molar-refractivity contribution in [2.75, 3.05) is 5.32 Å². The number of nitriles is 1. The van der Waals surface area contributed by atoms with Crippen LogP contribution in [0.25, 0.3) is 0 Å². The van der Waals surface area contributed by atoms with E-state index in [2.05, 4.69) is 10.1 Å². The summed E-state index contributed by atoms with van der Waals surface area (Å²) in [5.74, 6) is -2.28. The average Bonchev–Trinajstić information content (AvgIpc) is 2.43. The van der Waals surface area contributed by atoms with Crippen molar-refractivity contribution in [2.24, 2.45) is 0 Å². The molecule has 108 valence electrons. The molecule has 7 heteroatoms. The van der Waals surface area contributed by atoms with Crippen LogP contribution in [0.15, 0.2) is 36.4 Å². The van der Waals surface area contributed by atoms with Crippen molar-refractivity contribution in [3.05, 3.63) is 53.6 Å². The van der Waals surface area contributed by atoms with Crippen LogP contribution in [0.4, 0.5) is 28.9 Å². The van der Waals surface area contributed by atoms with Gasteiger partial charge >= 0.3 is 6.61 Å². The molecule has 0 radical (unpaired) electrons. The first kappa shape index (κ1) is 14.7. The van der Waals surface area contributed by atoms with Crippen LogP contribution in [0.1, 0.15) is 5.56 Å². The third-order valence-corrected chi connectivity index (χ3v) is 2.53. The highest BCUT2D eigenvalue weighted by Crippen LogP contribution is 2.31. The smallest absolute Gasteiger partial charge is 0.387 e. The lowest BCUT2D eigenvalue weighted by molar-refractivity contribution is -0.0493. The Morgan fingerprint density at radius 2 is 1.71 bits per heavy atom. The molecule has 3 nitrogen and oxygen atoms in total. The fraction of sp³-hybridized carbons (Fsp3) is 0.0714. The molecule has 0 saturated carbocycles. The van der Waals surface area contributed by atoms with E-state index in [4.69, 9.17) is 5.26 Å². The zero-order valence-corrected chi connectivity index (χ0v) is 10.4. The summed E-state index contributed by atoms with van der Waals surface area (Å²) in [5, 5.41) is 11.0. The molecule has 0 bridgehead atoms. The highest BCUT2D eigenvalue weighted by molar-refractivity contribution is 5.67. The number of ether oxygens (including phenoxy) is 1. The minimum atomic E-state index is -3.07. The van der Waals surface area contributed by atoms with Crippen molar-refractivity contribution in [2.45, 2.75) is 6.61 Å². The highest BCUT2D eigenvalue weighted by Gasteiger charge is 2.15. The first-order valence-electron chi connectivity index (χ1n) is 5.71. The van der Waals surface area contributed by atoms with Gasteiger partial charge in [-0.2, -0.15) is 14.0 Å². The Balaban J connectivity index is 2.37. The predicted octanol–water partition coefficient (Wildman–Crippen LogP) is 4.18. The summed E-state index contributed by atoms with van der Waals surface area (Å²) in [7, 11) is 0. The number of anilines is 2. The van der Waals surface area contributed by atoms with Gasteiger partial charge in [0.15, 0.2) is 11.6 Å². The summed E-state index contributed by atoms with van der Waals surface area (Å²) < 4.78 is 56.2. The Morgan fingerprint density at radius 3 is 2.29 bits per heavy atom. The summed E-state index contributed by atoms with van der Waals surface area (Å²) in [5.41, 5.74) is -0.771. The first-order valence-corrected chi connectivity index (χ1v) is 5.71. The third kappa shape index (κ3) is 3.42. The molecule has 0 aromatic heterocycles. The largest absolute Gasteiger partial charge is 0.433 e. The third-order valence-electron chi connectivity index (χ3n) is 2.53. The number of hydrogen-bond acceptors (Lipinski definition) is 3. The molecule has 0 amide bonds. The molecular weight excluding hydrogens is 288 g/mol. The van der Waals surface area contributed by atoms with Gasteiger partial charge in [0.1, 0.15) is 11.4 Å². The van der Waals surface area contributed by atoms with Crippen LogP contribution in [0.2, 0.25) is 0 Å². The monoisotopic (exact) mass is 296 g/mol. The fourth-order valence-corrected chi connectivity index (χ4v) is 1.66. The lowest BCUT2D eigenvalue weighted by Gasteiger charge is -2.13. The van der Waals surface area contributed by atoms with E-state index in [1.54, 1.807) is 6.07 Å². The number of halogens is 4. The fourth-order valence-electron chi connectivity index (χ4n) is 1.66. The standard InChI is InChI=1S/C14H8F4N2O/c15-9-5-8(7-19)6-10(16)13(9)20-11-3-1-2-4-12(11)21-14(17)18/h1-6,14,20H.